The molecule has 0 spiro atoms. The van der Waals surface area contributed by atoms with E-state index >= 15 is 0 Å². The summed E-state index contributed by atoms with van der Waals surface area (Å²) in [6, 6.07) is 15.3. The zero-order chi connectivity index (χ0) is 24.6. The molecule has 2 aromatic heterocycles. The molecule has 2 aromatic carbocycles. The van der Waals surface area contributed by atoms with Crippen LogP contribution in [-0.2, 0) is 6.54 Å². The molecule has 0 radical (unpaired) electrons. The van der Waals surface area contributed by atoms with Crippen LogP contribution in [0.25, 0.3) is 16.6 Å². The summed E-state index contributed by atoms with van der Waals surface area (Å²) in [6.07, 6.45) is 0. The van der Waals surface area contributed by atoms with Gasteiger partial charge in [0.2, 0.25) is 0 Å². The SMILES string of the molecule is Cc1ccc(-n2c(C)cc(C(=O)CSc3nc4cc(Cl)ccc4c(=O)n3CC(C)C)c2C)cc1. The predicted octanol–water partition coefficient (Wildman–Crippen LogP) is 6.40. The second-order valence-corrected chi connectivity index (χ2v) is 10.4. The fourth-order valence-electron chi connectivity index (χ4n) is 4.15. The highest BCUT2D eigenvalue weighted by molar-refractivity contribution is 7.99. The van der Waals surface area contributed by atoms with E-state index in [2.05, 4.69) is 49.6 Å². The minimum atomic E-state index is -0.108. The molecule has 34 heavy (non-hydrogen) atoms. The molecule has 0 N–H and O–H groups in total. The van der Waals surface area contributed by atoms with Crippen LogP contribution in [0.2, 0.25) is 5.02 Å². The summed E-state index contributed by atoms with van der Waals surface area (Å²) in [6.45, 7) is 10.7. The predicted molar refractivity (Wildman–Crippen MR) is 141 cm³/mol. The maximum Gasteiger partial charge on any atom is 0.262 e. The highest BCUT2D eigenvalue weighted by Gasteiger charge is 2.19. The fourth-order valence-corrected chi connectivity index (χ4v) is 5.21. The van der Waals surface area contributed by atoms with Crippen LogP contribution in [0.4, 0.5) is 0 Å². The molecule has 0 atom stereocenters. The second kappa shape index (κ2) is 9.80. The Morgan fingerprint density at radius 2 is 1.76 bits per heavy atom. The van der Waals surface area contributed by atoms with Crippen molar-refractivity contribution in [1.82, 2.24) is 14.1 Å². The van der Waals surface area contributed by atoms with E-state index in [-0.39, 0.29) is 23.0 Å². The lowest BCUT2D eigenvalue weighted by Crippen LogP contribution is -2.25. The minimum absolute atomic E-state index is 0.00741. The topological polar surface area (TPSA) is 56.9 Å². The van der Waals surface area contributed by atoms with E-state index in [1.165, 1.54) is 17.3 Å². The van der Waals surface area contributed by atoms with Gasteiger partial charge in [-0.05, 0) is 63.1 Å². The average molecular weight is 494 g/mol. The van der Waals surface area contributed by atoms with Gasteiger partial charge in [0, 0.05) is 34.2 Å². The lowest BCUT2D eigenvalue weighted by molar-refractivity contribution is 0.102. The third-order valence-corrected chi connectivity index (χ3v) is 7.00. The number of hydrogen-bond acceptors (Lipinski definition) is 4. The van der Waals surface area contributed by atoms with E-state index in [0.29, 0.717) is 33.2 Å². The zero-order valence-corrected chi connectivity index (χ0v) is 21.6. The van der Waals surface area contributed by atoms with Crippen LogP contribution in [0.1, 0.15) is 41.2 Å². The van der Waals surface area contributed by atoms with E-state index in [4.69, 9.17) is 16.6 Å². The number of rotatable bonds is 7. The van der Waals surface area contributed by atoms with Crippen LogP contribution in [0.15, 0.2) is 58.5 Å². The number of nitrogens with zero attached hydrogens (tertiary/aromatic N) is 3. The van der Waals surface area contributed by atoms with E-state index in [9.17, 15) is 9.59 Å². The monoisotopic (exact) mass is 493 g/mol. The van der Waals surface area contributed by atoms with Crippen LogP contribution in [0.3, 0.4) is 0 Å². The Morgan fingerprint density at radius 1 is 1.06 bits per heavy atom. The number of benzene rings is 2. The molecule has 0 bridgehead atoms. The van der Waals surface area contributed by atoms with Gasteiger partial charge < -0.3 is 4.57 Å². The van der Waals surface area contributed by atoms with Gasteiger partial charge in [-0.15, -0.1) is 0 Å². The average Bonchev–Trinajstić information content (AvgIpc) is 3.08. The summed E-state index contributed by atoms with van der Waals surface area (Å²) >= 11 is 7.44. The van der Waals surface area contributed by atoms with Crippen molar-refractivity contribution in [3.8, 4) is 5.69 Å². The van der Waals surface area contributed by atoms with Gasteiger partial charge in [0.05, 0.1) is 16.7 Å². The number of carbonyl (C=O) groups excluding carboxylic acids is 1. The molecule has 0 saturated heterocycles. The lowest BCUT2D eigenvalue weighted by atomic mass is 10.2. The third kappa shape index (κ3) is 4.84. The van der Waals surface area contributed by atoms with Crippen LogP contribution in [0.5, 0.6) is 0 Å². The Kier molecular flexibility index (Phi) is 7.01. The molecule has 176 valence electrons. The summed E-state index contributed by atoms with van der Waals surface area (Å²) in [5, 5.41) is 1.59. The summed E-state index contributed by atoms with van der Waals surface area (Å²) in [7, 11) is 0. The van der Waals surface area contributed by atoms with Gasteiger partial charge in [0.1, 0.15) is 0 Å². The number of Topliss-reactive ketones (excluding diaryl/α,β-unsaturated/α-hetero) is 1. The van der Waals surface area contributed by atoms with Crippen molar-refractivity contribution < 1.29 is 4.79 Å². The summed E-state index contributed by atoms with van der Waals surface area (Å²) in [4.78, 5) is 31.1. The van der Waals surface area contributed by atoms with Crippen LogP contribution < -0.4 is 5.56 Å². The highest BCUT2D eigenvalue weighted by atomic mass is 35.5. The Labute approximate surface area is 208 Å². The maximum atomic E-state index is 13.3. The van der Waals surface area contributed by atoms with Crippen LogP contribution >= 0.6 is 23.4 Å². The first kappa shape index (κ1) is 24.3. The van der Waals surface area contributed by atoms with Crippen molar-refractivity contribution in [2.45, 2.75) is 46.3 Å². The number of hydrogen-bond donors (Lipinski definition) is 0. The maximum absolute atomic E-state index is 13.3. The molecule has 0 aliphatic heterocycles. The van der Waals surface area contributed by atoms with Gasteiger partial charge in [0.15, 0.2) is 10.9 Å². The van der Waals surface area contributed by atoms with Crippen molar-refractivity contribution in [2.24, 2.45) is 5.92 Å². The number of fused-ring (bicyclic) bond motifs is 1. The van der Waals surface area contributed by atoms with Gasteiger partial charge in [-0.25, -0.2) is 4.98 Å². The molecule has 0 saturated carbocycles. The zero-order valence-electron chi connectivity index (χ0n) is 20.1. The normalized spacial score (nSPS) is 11.5. The lowest BCUT2D eigenvalue weighted by Gasteiger charge is -2.15. The smallest absolute Gasteiger partial charge is 0.262 e. The number of ketones is 1. The molecule has 5 nitrogen and oxygen atoms in total. The Morgan fingerprint density at radius 3 is 2.44 bits per heavy atom. The fraction of sp³-hybridized carbons (Fsp3) is 0.296. The Bertz CT molecular complexity index is 1440. The van der Waals surface area contributed by atoms with Gasteiger partial charge >= 0.3 is 0 Å². The van der Waals surface area contributed by atoms with Gasteiger partial charge in [0.25, 0.3) is 5.56 Å². The summed E-state index contributed by atoms with van der Waals surface area (Å²) < 4.78 is 3.77. The van der Waals surface area contributed by atoms with E-state index in [1.807, 2.05) is 19.9 Å². The summed E-state index contributed by atoms with van der Waals surface area (Å²) in [5.74, 6) is 0.454. The first-order chi connectivity index (χ1) is 16.2. The number of aryl methyl sites for hydroxylation is 2. The molecule has 4 aromatic rings. The van der Waals surface area contributed by atoms with Crippen molar-refractivity contribution in [2.75, 3.05) is 5.75 Å². The standard InChI is InChI=1S/C27H28ClN3O2S/c1-16(2)14-30-26(33)22-11-8-20(28)13-24(22)29-27(30)34-15-25(32)23-12-18(4)31(19(23)5)21-9-6-17(3)7-10-21/h6-13,16H,14-15H2,1-5H3. The number of halogens is 1. The van der Waals surface area contributed by atoms with E-state index < -0.39 is 0 Å². The number of carbonyl (C=O) groups is 1. The molecule has 0 unspecified atom stereocenters. The molecule has 0 aliphatic carbocycles. The van der Waals surface area contributed by atoms with Gasteiger partial charge in [-0.3, -0.25) is 14.2 Å². The van der Waals surface area contributed by atoms with Crippen molar-refractivity contribution in [1.29, 1.82) is 0 Å². The molecule has 2 heterocycles. The largest absolute Gasteiger partial charge is 0.318 e. The molecule has 0 aliphatic rings. The van der Waals surface area contributed by atoms with Crippen molar-refractivity contribution >= 4 is 40.0 Å². The molecular formula is C27H28ClN3O2S. The van der Waals surface area contributed by atoms with Crippen molar-refractivity contribution in [3.63, 3.8) is 0 Å². The third-order valence-electron chi connectivity index (χ3n) is 5.79. The molecule has 4 rings (SSSR count). The first-order valence-electron chi connectivity index (χ1n) is 11.3. The van der Waals surface area contributed by atoms with Crippen molar-refractivity contribution in [3.05, 3.63) is 86.4 Å². The molecule has 0 amide bonds. The molecular weight excluding hydrogens is 466 g/mol. The van der Waals surface area contributed by atoms with Crippen LogP contribution in [0, 0.1) is 26.7 Å². The van der Waals surface area contributed by atoms with E-state index in [1.54, 1.807) is 22.8 Å². The minimum Gasteiger partial charge on any atom is -0.318 e. The number of aromatic nitrogens is 3. The van der Waals surface area contributed by atoms with Crippen LogP contribution in [-0.4, -0.2) is 25.7 Å². The molecule has 0 fully saturated rings. The number of thioether (sulfide) groups is 1. The Hall–Kier alpha value is -2.83. The van der Waals surface area contributed by atoms with Gasteiger partial charge in [-0.1, -0.05) is 54.9 Å². The molecule has 7 heteroatoms. The quantitative estimate of drug-likeness (QED) is 0.170. The Balaban J connectivity index is 1.65. The highest BCUT2D eigenvalue weighted by Crippen LogP contribution is 2.25. The first-order valence-corrected chi connectivity index (χ1v) is 12.6. The second-order valence-electron chi connectivity index (χ2n) is 9.03. The van der Waals surface area contributed by atoms with Gasteiger partial charge in [-0.2, -0.15) is 0 Å². The summed E-state index contributed by atoms with van der Waals surface area (Å²) in [5.41, 5.74) is 5.26. The van der Waals surface area contributed by atoms with E-state index in [0.717, 1.165) is 17.1 Å².